The molecule has 1 amide bonds. The van der Waals surface area contributed by atoms with E-state index in [1.54, 1.807) is 36.1 Å². The molecule has 0 fully saturated rings. The summed E-state index contributed by atoms with van der Waals surface area (Å²) in [6, 6.07) is 28.8. The Balaban J connectivity index is 1.48. The zero-order valence-electron chi connectivity index (χ0n) is 19.4. The maximum absolute atomic E-state index is 12.5. The van der Waals surface area contributed by atoms with Crippen LogP contribution in [-0.4, -0.2) is 34.4 Å². The van der Waals surface area contributed by atoms with Crippen LogP contribution in [0, 0.1) is 6.92 Å². The van der Waals surface area contributed by atoms with Crippen LogP contribution in [0.15, 0.2) is 91.0 Å². The number of amides is 1. The number of fused-ring (bicyclic) bond motifs is 1. The Morgan fingerprint density at radius 2 is 1.63 bits per heavy atom. The molecule has 0 aliphatic carbocycles. The van der Waals surface area contributed by atoms with Gasteiger partial charge in [0.05, 0.1) is 23.9 Å². The number of nitrogens with zero attached hydrogens (tertiary/aromatic N) is 3. The molecule has 0 spiro atoms. The Morgan fingerprint density at radius 3 is 2.31 bits per heavy atom. The Kier molecular flexibility index (Phi) is 6.13. The maximum atomic E-state index is 12.5. The normalized spacial score (nSPS) is 10.8. The van der Waals surface area contributed by atoms with Gasteiger partial charge in [-0.2, -0.15) is 10.1 Å². The van der Waals surface area contributed by atoms with E-state index in [0.29, 0.717) is 17.2 Å². The van der Waals surface area contributed by atoms with Gasteiger partial charge >= 0.3 is 0 Å². The molecule has 174 valence electrons. The molecule has 0 aliphatic rings. The van der Waals surface area contributed by atoms with Crippen LogP contribution in [0.25, 0.3) is 27.8 Å². The second-order valence-corrected chi connectivity index (χ2v) is 7.97. The van der Waals surface area contributed by atoms with Crippen molar-refractivity contribution in [2.45, 2.75) is 6.92 Å². The van der Waals surface area contributed by atoms with E-state index in [4.69, 9.17) is 19.6 Å². The number of aryl methyl sites for hydroxylation is 1. The number of aromatic nitrogens is 3. The Bertz CT molecular complexity index is 1460. The lowest BCUT2D eigenvalue weighted by atomic mass is 10.0. The smallest absolute Gasteiger partial charge is 0.262 e. The standard InChI is InChI=1S/C28H24N4O3/c1-19-27-24(20-9-5-3-6-10-20)17-26(30-28(27)32(31-19)22-11-7-4-8-12-22)35-18-25(33)29-21-13-15-23(34-2)16-14-21/h3-17H,18H2,1-2H3,(H,29,33). The third-order valence-electron chi connectivity index (χ3n) is 5.60. The molecule has 0 saturated heterocycles. The minimum Gasteiger partial charge on any atom is -0.497 e. The monoisotopic (exact) mass is 464 g/mol. The number of methoxy groups -OCH3 is 1. The van der Waals surface area contributed by atoms with Gasteiger partial charge in [0.2, 0.25) is 5.88 Å². The van der Waals surface area contributed by atoms with Gasteiger partial charge in [0, 0.05) is 11.8 Å². The van der Waals surface area contributed by atoms with Gasteiger partial charge in [0.1, 0.15) is 5.75 Å². The number of carbonyl (C=O) groups excluding carboxylic acids is 1. The average Bonchev–Trinajstić information content (AvgIpc) is 3.24. The van der Waals surface area contributed by atoms with Crippen LogP contribution in [0.2, 0.25) is 0 Å². The number of rotatable bonds is 7. The van der Waals surface area contributed by atoms with Gasteiger partial charge in [0.25, 0.3) is 5.91 Å². The van der Waals surface area contributed by atoms with Crippen molar-refractivity contribution in [3.63, 3.8) is 0 Å². The van der Waals surface area contributed by atoms with Crippen LogP contribution < -0.4 is 14.8 Å². The van der Waals surface area contributed by atoms with Crippen LogP contribution in [0.1, 0.15) is 5.69 Å². The second kappa shape index (κ2) is 9.69. The fourth-order valence-electron chi connectivity index (χ4n) is 3.95. The van der Waals surface area contributed by atoms with E-state index in [1.807, 2.05) is 73.7 Å². The lowest BCUT2D eigenvalue weighted by Crippen LogP contribution is -2.20. The van der Waals surface area contributed by atoms with Crippen LogP contribution in [0.5, 0.6) is 11.6 Å². The number of anilines is 1. The Hall–Kier alpha value is -4.65. The topological polar surface area (TPSA) is 78.3 Å². The fraction of sp³-hybridized carbons (Fsp3) is 0.107. The molecule has 3 aromatic carbocycles. The Morgan fingerprint density at radius 1 is 0.943 bits per heavy atom. The molecule has 2 aromatic heterocycles. The molecule has 35 heavy (non-hydrogen) atoms. The van der Waals surface area contributed by atoms with Crippen molar-refractivity contribution in [2.75, 3.05) is 19.0 Å². The van der Waals surface area contributed by atoms with E-state index < -0.39 is 0 Å². The van der Waals surface area contributed by atoms with Gasteiger partial charge in [-0.3, -0.25) is 4.79 Å². The van der Waals surface area contributed by atoms with Crippen molar-refractivity contribution in [2.24, 2.45) is 0 Å². The van der Waals surface area contributed by atoms with Crippen molar-refractivity contribution < 1.29 is 14.3 Å². The highest BCUT2D eigenvalue weighted by atomic mass is 16.5. The first-order valence-electron chi connectivity index (χ1n) is 11.2. The van der Waals surface area contributed by atoms with E-state index in [1.165, 1.54) is 0 Å². The van der Waals surface area contributed by atoms with Crippen molar-refractivity contribution in [3.05, 3.63) is 96.7 Å². The first-order valence-corrected chi connectivity index (χ1v) is 11.2. The van der Waals surface area contributed by atoms with Crippen molar-refractivity contribution >= 4 is 22.6 Å². The van der Waals surface area contributed by atoms with E-state index in [0.717, 1.165) is 33.6 Å². The predicted octanol–water partition coefficient (Wildman–Crippen LogP) is 5.42. The van der Waals surface area contributed by atoms with E-state index in [-0.39, 0.29) is 12.5 Å². The fourth-order valence-corrected chi connectivity index (χ4v) is 3.95. The number of hydrogen-bond donors (Lipinski definition) is 1. The molecular weight excluding hydrogens is 440 g/mol. The van der Waals surface area contributed by atoms with Crippen LogP contribution in [-0.2, 0) is 4.79 Å². The van der Waals surface area contributed by atoms with E-state index >= 15 is 0 Å². The summed E-state index contributed by atoms with van der Waals surface area (Å²) in [6.45, 7) is 1.79. The van der Waals surface area contributed by atoms with Crippen LogP contribution in [0.4, 0.5) is 5.69 Å². The summed E-state index contributed by atoms with van der Waals surface area (Å²) in [5.41, 5.74) is 5.04. The van der Waals surface area contributed by atoms with Gasteiger partial charge in [0.15, 0.2) is 12.3 Å². The van der Waals surface area contributed by atoms with E-state index in [2.05, 4.69) is 5.32 Å². The molecule has 7 heteroatoms. The number of benzene rings is 3. The predicted molar refractivity (Wildman–Crippen MR) is 136 cm³/mol. The third kappa shape index (κ3) is 4.70. The number of pyridine rings is 1. The minimum absolute atomic E-state index is 0.183. The number of carbonyl (C=O) groups is 1. The molecule has 0 saturated carbocycles. The van der Waals surface area contributed by atoms with Crippen molar-refractivity contribution in [1.29, 1.82) is 0 Å². The molecule has 0 aliphatic heterocycles. The zero-order valence-corrected chi connectivity index (χ0v) is 19.4. The van der Waals surface area contributed by atoms with Crippen molar-refractivity contribution in [1.82, 2.24) is 14.8 Å². The first-order chi connectivity index (χ1) is 17.1. The molecule has 7 nitrogen and oxygen atoms in total. The lowest BCUT2D eigenvalue weighted by Gasteiger charge is -2.11. The zero-order chi connectivity index (χ0) is 24.2. The molecular formula is C28H24N4O3. The number of ether oxygens (including phenoxy) is 2. The highest BCUT2D eigenvalue weighted by molar-refractivity contribution is 5.96. The average molecular weight is 465 g/mol. The van der Waals surface area contributed by atoms with Crippen LogP contribution in [0.3, 0.4) is 0 Å². The largest absolute Gasteiger partial charge is 0.497 e. The minimum atomic E-state index is -0.286. The first kappa shape index (κ1) is 22.2. The summed E-state index contributed by atoms with van der Waals surface area (Å²) in [5, 5.41) is 8.52. The summed E-state index contributed by atoms with van der Waals surface area (Å²) < 4.78 is 12.8. The lowest BCUT2D eigenvalue weighted by molar-refractivity contribution is -0.118. The maximum Gasteiger partial charge on any atom is 0.262 e. The van der Waals surface area contributed by atoms with Gasteiger partial charge in [-0.15, -0.1) is 0 Å². The summed E-state index contributed by atoms with van der Waals surface area (Å²) in [5.74, 6) is 0.778. The summed E-state index contributed by atoms with van der Waals surface area (Å²) >= 11 is 0. The molecule has 5 aromatic rings. The number of para-hydroxylation sites is 1. The molecule has 5 rings (SSSR count). The molecule has 0 bridgehead atoms. The quantitative estimate of drug-likeness (QED) is 0.348. The Labute approximate surface area is 203 Å². The van der Waals surface area contributed by atoms with Crippen molar-refractivity contribution in [3.8, 4) is 28.4 Å². The second-order valence-electron chi connectivity index (χ2n) is 7.97. The molecule has 2 heterocycles. The third-order valence-corrected chi connectivity index (χ3v) is 5.60. The van der Waals surface area contributed by atoms with Gasteiger partial charge in [-0.1, -0.05) is 48.5 Å². The number of hydrogen-bond acceptors (Lipinski definition) is 5. The molecule has 0 atom stereocenters. The van der Waals surface area contributed by atoms with E-state index in [9.17, 15) is 4.79 Å². The summed E-state index contributed by atoms with van der Waals surface area (Å²) in [4.78, 5) is 17.3. The molecule has 0 unspecified atom stereocenters. The van der Waals surface area contributed by atoms with Gasteiger partial charge < -0.3 is 14.8 Å². The van der Waals surface area contributed by atoms with Gasteiger partial charge in [-0.05, 0) is 54.4 Å². The molecule has 1 N–H and O–H groups in total. The number of nitrogens with one attached hydrogen (secondary N) is 1. The SMILES string of the molecule is COc1ccc(NC(=O)COc2cc(-c3ccccc3)c3c(C)nn(-c4ccccc4)c3n2)cc1. The molecule has 0 radical (unpaired) electrons. The highest BCUT2D eigenvalue weighted by Gasteiger charge is 2.18. The highest BCUT2D eigenvalue weighted by Crippen LogP contribution is 2.34. The summed E-state index contributed by atoms with van der Waals surface area (Å²) in [7, 11) is 1.60. The van der Waals surface area contributed by atoms with Crippen LogP contribution >= 0.6 is 0 Å². The van der Waals surface area contributed by atoms with Gasteiger partial charge in [-0.25, -0.2) is 4.68 Å². The summed E-state index contributed by atoms with van der Waals surface area (Å²) in [6.07, 6.45) is 0.